The molecule has 0 spiro atoms. The number of carbonyl (C=O) groups is 2. The molecule has 7 heteroatoms. The summed E-state index contributed by atoms with van der Waals surface area (Å²) in [7, 11) is 0. The largest absolute Gasteiger partial charge is 0.344 e. The standard InChI is InChI=1S/C21H21N5O2/c1-14(15-9-11-17(12-10-15)23-20(27)16-7-8-16)22-21(28)19-13-26(25-24-19)18-5-3-2-4-6-18/h2-6,9-14,16H,7-8H2,1H3,(H,22,28)(H,23,27). The molecular weight excluding hydrogens is 354 g/mol. The maximum atomic E-state index is 12.5. The number of hydrogen-bond donors (Lipinski definition) is 2. The fourth-order valence-electron chi connectivity index (χ4n) is 2.87. The molecule has 7 nitrogen and oxygen atoms in total. The average molecular weight is 375 g/mol. The van der Waals surface area contributed by atoms with Gasteiger partial charge in [-0.05, 0) is 49.6 Å². The smallest absolute Gasteiger partial charge is 0.273 e. The first-order chi connectivity index (χ1) is 13.6. The van der Waals surface area contributed by atoms with Gasteiger partial charge >= 0.3 is 0 Å². The van der Waals surface area contributed by atoms with Crippen LogP contribution in [0.2, 0.25) is 0 Å². The predicted octanol–water partition coefficient (Wildman–Crippen LogP) is 3.11. The van der Waals surface area contributed by atoms with Gasteiger partial charge in [-0.3, -0.25) is 9.59 Å². The lowest BCUT2D eigenvalue weighted by Crippen LogP contribution is -2.27. The van der Waals surface area contributed by atoms with Gasteiger partial charge in [0.1, 0.15) is 0 Å². The molecule has 1 unspecified atom stereocenters. The highest BCUT2D eigenvalue weighted by molar-refractivity contribution is 5.94. The molecule has 1 atom stereocenters. The Morgan fingerprint density at radius 2 is 1.79 bits per heavy atom. The van der Waals surface area contributed by atoms with Crippen LogP contribution in [0.4, 0.5) is 5.69 Å². The highest BCUT2D eigenvalue weighted by atomic mass is 16.2. The lowest BCUT2D eigenvalue weighted by Gasteiger charge is -2.14. The van der Waals surface area contributed by atoms with Crippen molar-refractivity contribution in [3.63, 3.8) is 0 Å². The minimum atomic E-state index is -0.291. The van der Waals surface area contributed by atoms with E-state index < -0.39 is 0 Å². The van der Waals surface area contributed by atoms with Crippen molar-refractivity contribution in [2.45, 2.75) is 25.8 Å². The van der Waals surface area contributed by atoms with Crippen molar-refractivity contribution < 1.29 is 9.59 Å². The highest BCUT2D eigenvalue weighted by Crippen LogP contribution is 2.30. The van der Waals surface area contributed by atoms with E-state index in [1.165, 1.54) is 0 Å². The van der Waals surface area contributed by atoms with Crippen molar-refractivity contribution in [2.24, 2.45) is 5.92 Å². The first-order valence-electron chi connectivity index (χ1n) is 9.29. The number of carbonyl (C=O) groups excluding carboxylic acids is 2. The van der Waals surface area contributed by atoms with E-state index in [9.17, 15) is 9.59 Å². The monoisotopic (exact) mass is 375 g/mol. The second kappa shape index (κ2) is 7.64. The van der Waals surface area contributed by atoms with Crippen molar-refractivity contribution in [1.29, 1.82) is 0 Å². The number of nitrogens with one attached hydrogen (secondary N) is 2. The third kappa shape index (κ3) is 4.09. The van der Waals surface area contributed by atoms with Crippen LogP contribution in [0.15, 0.2) is 60.8 Å². The molecule has 0 aliphatic heterocycles. The van der Waals surface area contributed by atoms with Crippen LogP contribution in [0.25, 0.3) is 5.69 Å². The summed E-state index contributed by atoms with van der Waals surface area (Å²) in [6, 6.07) is 16.8. The third-order valence-corrected chi connectivity index (χ3v) is 4.72. The summed E-state index contributed by atoms with van der Waals surface area (Å²) in [5.74, 6) is -0.0430. The van der Waals surface area contributed by atoms with Gasteiger partial charge in [0.2, 0.25) is 5.91 Å². The van der Waals surface area contributed by atoms with Gasteiger partial charge in [-0.1, -0.05) is 35.5 Å². The zero-order valence-electron chi connectivity index (χ0n) is 15.5. The van der Waals surface area contributed by atoms with Crippen molar-refractivity contribution in [3.05, 3.63) is 72.1 Å². The molecule has 0 saturated heterocycles. The molecule has 1 heterocycles. The van der Waals surface area contributed by atoms with E-state index in [0.29, 0.717) is 0 Å². The van der Waals surface area contributed by atoms with Crippen LogP contribution in [-0.2, 0) is 4.79 Å². The summed E-state index contributed by atoms with van der Waals surface area (Å²) < 4.78 is 1.57. The normalized spacial score (nSPS) is 14.3. The topological polar surface area (TPSA) is 88.9 Å². The summed E-state index contributed by atoms with van der Waals surface area (Å²) >= 11 is 0. The summed E-state index contributed by atoms with van der Waals surface area (Å²) in [4.78, 5) is 24.3. The summed E-state index contributed by atoms with van der Waals surface area (Å²) in [5.41, 5.74) is 2.80. The Bertz CT molecular complexity index is 978. The molecule has 2 aromatic carbocycles. The van der Waals surface area contributed by atoms with E-state index in [4.69, 9.17) is 0 Å². The molecule has 1 aliphatic carbocycles. The first-order valence-corrected chi connectivity index (χ1v) is 9.29. The van der Waals surface area contributed by atoms with Gasteiger partial charge in [-0.15, -0.1) is 5.10 Å². The Labute approximate surface area is 162 Å². The summed E-state index contributed by atoms with van der Waals surface area (Å²) in [6.07, 6.45) is 3.55. The molecule has 4 rings (SSSR count). The number of aromatic nitrogens is 3. The average Bonchev–Trinajstić information content (AvgIpc) is 3.45. The zero-order valence-corrected chi connectivity index (χ0v) is 15.5. The number of rotatable bonds is 6. The minimum Gasteiger partial charge on any atom is -0.344 e. The Morgan fingerprint density at radius 3 is 2.46 bits per heavy atom. The molecule has 1 aliphatic rings. The molecule has 3 aromatic rings. The molecule has 1 aromatic heterocycles. The Hall–Kier alpha value is -3.48. The highest BCUT2D eigenvalue weighted by Gasteiger charge is 2.29. The lowest BCUT2D eigenvalue weighted by atomic mass is 10.1. The second-order valence-corrected chi connectivity index (χ2v) is 6.96. The second-order valence-electron chi connectivity index (χ2n) is 6.96. The summed E-state index contributed by atoms with van der Waals surface area (Å²) in [6.45, 7) is 1.90. The number of anilines is 1. The fourth-order valence-corrected chi connectivity index (χ4v) is 2.87. The summed E-state index contributed by atoms with van der Waals surface area (Å²) in [5, 5.41) is 13.8. The van der Waals surface area contributed by atoms with Crippen molar-refractivity contribution in [2.75, 3.05) is 5.32 Å². The maximum Gasteiger partial charge on any atom is 0.273 e. The van der Waals surface area contributed by atoms with Crippen molar-refractivity contribution in [1.82, 2.24) is 20.3 Å². The number of para-hydroxylation sites is 1. The molecule has 2 amide bonds. The van der Waals surface area contributed by atoms with Gasteiger partial charge in [-0.2, -0.15) is 0 Å². The Kier molecular flexibility index (Phi) is 4.89. The number of nitrogens with zero attached hydrogens (tertiary/aromatic N) is 3. The van der Waals surface area contributed by atoms with Crippen LogP contribution in [0.5, 0.6) is 0 Å². The van der Waals surface area contributed by atoms with Gasteiger partial charge in [0.05, 0.1) is 17.9 Å². The molecule has 1 fully saturated rings. The predicted molar refractivity (Wildman–Crippen MR) is 105 cm³/mol. The third-order valence-electron chi connectivity index (χ3n) is 4.72. The van der Waals surface area contributed by atoms with E-state index >= 15 is 0 Å². The fraction of sp³-hybridized carbons (Fsp3) is 0.238. The van der Waals surface area contributed by atoms with E-state index in [1.54, 1.807) is 10.9 Å². The van der Waals surface area contributed by atoms with E-state index in [0.717, 1.165) is 29.8 Å². The maximum absolute atomic E-state index is 12.5. The lowest BCUT2D eigenvalue weighted by molar-refractivity contribution is -0.117. The van der Waals surface area contributed by atoms with E-state index in [-0.39, 0.29) is 29.5 Å². The minimum absolute atomic E-state index is 0.0793. The van der Waals surface area contributed by atoms with Crippen LogP contribution in [0, 0.1) is 5.92 Å². The number of amides is 2. The quantitative estimate of drug-likeness (QED) is 0.693. The van der Waals surface area contributed by atoms with Gasteiger partial charge < -0.3 is 10.6 Å². The van der Waals surface area contributed by atoms with Crippen molar-refractivity contribution >= 4 is 17.5 Å². The molecule has 2 N–H and O–H groups in total. The van der Waals surface area contributed by atoms with Crippen LogP contribution in [0.3, 0.4) is 0 Å². The van der Waals surface area contributed by atoms with Crippen molar-refractivity contribution in [3.8, 4) is 5.69 Å². The SMILES string of the molecule is CC(NC(=O)c1cn(-c2ccccc2)nn1)c1ccc(NC(=O)C2CC2)cc1. The number of hydrogen-bond acceptors (Lipinski definition) is 4. The Balaban J connectivity index is 1.37. The Morgan fingerprint density at radius 1 is 1.07 bits per heavy atom. The van der Waals surface area contributed by atoms with Gasteiger partial charge in [0, 0.05) is 11.6 Å². The molecule has 0 bridgehead atoms. The van der Waals surface area contributed by atoms with Crippen LogP contribution >= 0.6 is 0 Å². The van der Waals surface area contributed by atoms with E-state index in [2.05, 4.69) is 20.9 Å². The van der Waals surface area contributed by atoms with Gasteiger partial charge in [0.25, 0.3) is 5.91 Å². The van der Waals surface area contributed by atoms with Crippen LogP contribution in [0.1, 0.15) is 41.9 Å². The van der Waals surface area contributed by atoms with E-state index in [1.807, 2.05) is 61.5 Å². The zero-order chi connectivity index (χ0) is 19.5. The molecule has 0 radical (unpaired) electrons. The molecular formula is C21H21N5O2. The molecule has 28 heavy (non-hydrogen) atoms. The first kappa shape index (κ1) is 17.9. The van der Waals surface area contributed by atoms with Gasteiger partial charge in [0.15, 0.2) is 5.69 Å². The van der Waals surface area contributed by atoms with Crippen LogP contribution in [-0.4, -0.2) is 26.8 Å². The molecule has 142 valence electrons. The molecule has 1 saturated carbocycles. The number of benzene rings is 2. The van der Waals surface area contributed by atoms with Gasteiger partial charge in [-0.25, -0.2) is 4.68 Å². The van der Waals surface area contributed by atoms with Crippen LogP contribution < -0.4 is 10.6 Å².